The van der Waals surface area contributed by atoms with Crippen LogP contribution in [0.3, 0.4) is 0 Å². The Bertz CT molecular complexity index is 1180. The van der Waals surface area contributed by atoms with Gasteiger partial charge in [-0.1, -0.05) is 302 Å². The molecule has 6 heteroatoms. The van der Waals surface area contributed by atoms with E-state index in [0.717, 1.165) is 64.2 Å². The summed E-state index contributed by atoms with van der Waals surface area (Å²) in [5.74, 6) is -0.851. The molecular weight excluding hydrogens is 901 g/mol. The molecule has 0 aromatic rings. The summed E-state index contributed by atoms with van der Waals surface area (Å²) in [6.45, 7) is 6.70. The van der Waals surface area contributed by atoms with Crippen LogP contribution >= 0.6 is 0 Å². The summed E-state index contributed by atoms with van der Waals surface area (Å²) in [5.41, 5.74) is 0. The molecular formula is C67H126O6. The highest BCUT2D eigenvalue weighted by atomic mass is 16.6. The van der Waals surface area contributed by atoms with Crippen LogP contribution in [-0.2, 0) is 28.6 Å². The fourth-order valence-corrected chi connectivity index (χ4v) is 9.97. The van der Waals surface area contributed by atoms with Crippen molar-refractivity contribution in [2.75, 3.05) is 13.2 Å². The van der Waals surface area contributed by atoms with Gasteiger partial charge in [0.15, 0.2) is 6.10 Å². The van der Waals surface area contributed by atoms with Gasteiger partial charge in [-0.15, -0.1) is 0 Å². The minimum Gasteiger partial charge on any atom is -0.462 e. The van der Waals surface area contributed by atoms with E-state index < -0.39 is 6.10 Å². The molecule has 0 rings (SSSR count). The van der Waals surface area contributed by atoms with Crippen molar-refractivity contribution in [2.24, 2.45) is 0 Å². The first-order valence-electron chi connectivity index (χ1n) is 32.8. The number of carbonyl (C=O) groups is 3. The van der Waals surface area contributed by atoms with E-state index in [4.69, 9.17) is 14.2 Å². The fraction of sp³-hybridized carbons (Fsp3) is 0.896. The summed E-state index contributed by atoms with van der Waals surface area (Å²) in [4.78, 5) is 38.3. The lowest BCUT2D eigenvalue weighted by Gasteiger charge is -2.18. The maximum atomic E-state index is 12.9. The summed E-state index contributed by atoms with van der Waals surface area (Å²) in [5, 5.41) is 0. The molecule has 0 N–H and O–H groups in total. The van der Waals surface area contributed by atoms with Crippen molar-refractivity contribution in [3.63, 3.8) is 0 Å². The Hall–Kier alpha value is -2.11. The Kier molecular flexibility index (Phi) is 60.6. The van der Waals surface area contributed by atoms with E-state index >= 15 is 0 Å². The Labute approximate surface area is 455 Å². The molecule has 0 aliphatic carbocycles. The van der Waals surface area contributed by atoms with Gasteiger partial charge in [-0.05, 0) is 70.6 Å². The number of rotatable bonds is 61. The summed E-state index contributed by atoms with van der Waals surface area (Å²) in [6.07, 6.45) is 74.7. The van der Waals surface area contributed by atoms with Gasteiger partial charge < -0.3 is 14.2 Å². The molecule has 0 aromatic carbocycles. The number of hydrogen-bond donors (Lipinski definition) is 0. The molecule has 0 unspecified atom stereocenters. The molecule has 0 heterocycles. The van der Waals surface area contributed by atoms with Crippen LogP contribution < -0.4 is 0 Å². The first-order valence-corrected chi connectivity index (χ1v) is 32.8. The third kappa shape index (κ3) is 60.6. The predicted octanol–water partition coefficient (Wildman–Crippen LogP) is 22.2. The van der Waals surface area contributed by atoms with Crippen LogP contribution in [0.5, 0.6) is 0 Å². The summed E-state index contributed by atoms with van der Waals surface area (Å²) in [6, 6.07) is 0. The fourth-order valence-electron chi connectivity index (χ4n) is 9.97. The van der Waals surface area contributed by atoms with Gasteiger partial charge in [0.25, 0.3) is 0 Å². The second kappa shape index (κ2) is 62.4. The van der Waals surface area contributed by atoms with E-state index in [0.29, 0.717) is 19.3 Å². The molecule has 0 fully saturated rings. The smallest absolute Gasteiger partial charge is 0.306 e. The van der Waals surface area contributed by atoms with Gasteiger partial charge in [0, 0.05) is 19.3 Å². The van der Waals surface area contributed by atoms with E-state index in [1.54, 1.807) is 0 Å². The minimum atomic E-state index is -0.773. The number of allylic oxidation sites excluding steroid dienone is 4. The van der Waals surface area contributed by atoms with Crippen molar-refractivity contribution >= 4 is 17.9 Å². The van der Waals surface area contributed by atoms with Gasteiger partial charge >= 0.3 is 17.9 Å². The summed E-state index contributed by atoms with van der Waals surface area (Å²) < 4.78 is 17.0. The molecule has 1 atom stereocenters. The van der Waals surface area contributed by atoms with Gasteiger partial charge in [0.2, 0.25) is 0 Å². The van der Waals surface area contributed by atoms with Crippen molar-refractivity contribution in [3.05, 3.63) is 24.3 Å². The minimum absolute atomic E-state index is 0.0694. The van der Waals surface area contributed by atoms with Crippen LogP contribution in [0.1, 0.15) is 367 Å². The Balaban J connectivity index is 4.29. The Morgan fingerprint density at radius 2 is 0.452 bits per heavy atom. The van der Waals surface area contributed by atoms with Crippen LogP contribution in [0, 0.1) is 0 Å². The van der Waals surface area contributed by atoms with Crippen LogP contribution in [0.2, 0.25) is 0 Å². The van der Waals surface area contributed by atoms with Crippen molar-refractivity contribution < 1.29 is 28.6 Å². The lowest BCUT2D eigenvalue weighted by molar-refractivity contribution is -0.167. The maximum absolute atomic E-state index is 12.9. The maximum Gasteiger partial charge on any atom is 0.306 e. The topological polar surface area (TPSA) is 78.9 Å². The average Bonchev–Trinajstić information content (AvgIpc) is 3.39. The van der Waals surface area contributed by atoms with Gasteiger partial charge in [0.1, 0.15) is 13.2 Å². The highest BCUT2D eigenvalue weighted by Gasteiger charge is 2.19. The highest BCUT2D eigenvalue weighted by Crippen LogP contribution is 2.18. The zero-order chi connectivity index (χ0) is 52.9. The largest absolute Gasteiger partial charge is 0.462 e. The summed E-state index contributed by atoms with van der Waals surface area (Å²) in [7, 11) is 0. The molecule has 73 heavy (non-hydrogen) atoms. The monoisotopic (exact) mass is 1030 g/mol. The molecule has 0 aliphatic heterocycles. The first kappa shape index (κ1) is 70.9. The molecule has 0 saturated heterocycles. The zero-order valence-corrected chi connectivity index (χ0v) is 49.4. The number of esters is 3. The molecule has 0 amide bonds. The first-order chi connectivity index (χ1) is 36.0. The van der Waals surface area contributed by atoms with E-state index in [-0.39, 0.29) is 31.1 Å². The van der Waals surface area contributed by atoms with Crippen molar-refractivity contribution in [1.82, 2.24) is 0 Å². The van der Waals surface area contributed by atoms with Crippen LogP contribution in [0.4, 0.5) is 0 Å². The highest BCUT2D eigenvalue weighted by molar-refractivity contribution is 5.71. The van der Waals surface area contributed by atoms with Gasteiger partial charge in [-0.25, -0.2) is 0 Å². The number of unbranched alkanes of at least 4 members (excludes halogenated alkanes) is 46. The lowest BCUT2D eigenvalue weighted by atomic mass is 10.0. The van der Waals surface area contributed by atoms with Crippen molar-refractivity contribution in [3.8, 4) is 0 Å². The third-order valence-corrected chi connectivity index (χ3v) is 14.9. The zero-order valence-electron chi connectivity index (χ0n) is 49.4. The van der Waals surface area contributed by atoms with Gasteiger partial charge in [-0.3, -0.25) is 14.4 Å². The normalized spacial score (nSPS) is 12.1. The lowest BCUT2D eigenvalue weighted by Crippen LogP contribution is -2.30. The van der Waals surface area contributed by atoms with Crippen LogP contribution in [0.25, 0.3) is 0 Å². The van der Waals surface area contributed by atoms with Gasteiger partial charge in [-0.2, -0.15) is 0 Å². The Morgan fingerprint density at radius 3 is 0.685 bits per heavy atom. The average molecular weight is 1030 g/mol. The molecule has 0 aliphatic rings. The van der Waals surface area contributed by atoms with Gasteiger partial charge in [0.05, 0.1) is 0 Å². The molecule has 6 nitrogen and oxygen atoms in total. The molecule has 0 spiro atoms. The second-order valence-electron chi connectivity index (χ2n) is 22.4. The van der Waals surface area contributed by atoms with Crippen LogP contribution in [-0.4, -0.2) is 37.2 Å². The van der Waals surface area contributed by atoms with Crippen molar-refractivity contribution in [1.29, 1.82) is 0 Å². The SMILES string of the molecule is CCCCCCCC/C=C\CCCCCCCCCCCCCC(=O)OC[C@H](COC(=O)CCCCCCCCCCCCCCCCCCCCC)OC(=O)CCCCCCC/C=C\CCCCCCCC. The Morgan fingerprint density at radius 1 is 0.260 bits per heavy atom. The standard InChI is InChI=1S/C67H126O6/c1-4-7-10-13-16-19-22-25-28-30-32-33-35-37-40-42-45-48-51-54-57-60-66(69)72-63-64(73-67(70)61-58-55-52-49-46-43-38-27-24-21-18-15-12-9-6-3)62-71-65(68)59-56-53-50-47-44-41-39-36-34-31-29-26-23-20-17-14-11-8-5-2/h25,27-28,38,64H,4-24,26,29-37,39-63H2,1-3H3/b28-25-,38-27-/t64-/m0/s1. The van der Waals surface area contributed by atoms with E-state index in [1.165, 1.54) is 263 Å². The quantitative estimate of drug-likeness (QED) is 0.0261. The van der Waals surface area contributed by atoms with E-state index in [1.807, 2.05) is 0 Å². The van der Waals surface area contributed by atoms with E-state index in [2.05, 4.69) is 45.1 Å². The predicted molar refractivity (Wildman–Crippen MR) is 316 cm³/mol. The molecule has 0 bridgehead atoms. The number of ether oxygens (including phenoxy) is 3. The second-order valence-corrected chi connectivity index (χ2v) is 22.4. The van der Waals surface area contributed by atoms with Crippen molar-refractivity contribution in [2.45, 2.75) is 374 Å². The molecule has 0 aromatic heterocycles. The summed E-state index contributed by atoms with van der Waals surface area (Å²) >= 11 is 0. The molecule has 0 radical (unpaired) electrons. The molecule has 430 valence electrons. The number of carbonyl (C=O) groups excluding carboxylic acids is 3. The molecule has 0 saturated carbocycles. The van der Waals surface area contributed by atoms with E-state index in [9.17, 15) is 14.4 Å². The van der Waals surface area contributed by atoms with Crippen LogP contribution in [0.15, 0.2) is 24.3 Å². The number of hydrogen-bond acceptors (Lipinski definition) is 6. The third-order valence-electron chi connectivity index (χ3n) is 14.9.